The monoisotopic (exact) mass is 403 g/mol. The summed E-state index contributed by atoms with van der Waals surface area (Å²) in [7, 11) is 0. The van der Waals surface area contributed by atoms with E-state index in [1.165, 1.54) is 19.3 Å². The van der Waals surface area contributed by atoms with E-state index in [0.29, 0.717) is 23.4 Å². The molecule has 0 spiro atoms. The smallest absolute Gasteiger partial charge is 0.276 e. The molecule has 3 aromatic rings. The summed E-state index contributed by atoms with van der Waals surface area (Å²) in [5.74, 6) is 3.58. The Bertz CT molecular complexity index is 1080. The van der Waals surface area contributed by atoms with Crippen LogP contribution in [0.15, 0.2) is 47.1 Å². The van der Waals surface area contributed by atoms with Crippen LogP contribution in [0.2, 0.25) is 0 Å². The van der Waals surface area contributed by atoms with Crippen molar-refractivity contribution in [2.24, 2.45) is 17.8 Å². The second-order valence-electron chi connectivity index (χ2n) is 9.21. The molecule has 4 aliphatic rings. The van der Waals surface area contributed by atoms with E-state index in [2.05, 4.69) is 15.0 Å². The fourth-order valence-corrected chi connectivity index (χ4v) is 5.96. The van der Waals surface area contributed by atoms with Gasteiger partial charge >= 0.3 is 0 Å². The van der Waals surface area contributed by atoms with Gasteiger partial charge in [0.25, 0.3) is 5.91 Å². The van der Waals surface area contributed by atoms with E-state index >= 15 is 0 Å². The van der Waals surface area contributed by atoms with Crippen LogP contribution in [0.3, 0.4) is 0 Å². The van der Waals surface area contributed by atoms with Gasteiger partial charge in [0.2, 0.25) is 0 Å². The number of hydrogen-bond acceptors (Lipinski definition) is 5. The molecular weight excluding hydrogens is 378 g/mol. The SMILES string of the molecule is O=C(c1cc(COc2ccc3ncccc3c2)on1)N1CC2C[C@@H]3CC1C[C@H](C2)C3. The molecule has 7 rings (SSSR count). The fourth-order valence-electron chi connectivity index (χ4n) is 5.96. The van der Waals surface area contributed by atoms with Gasteiger partial charge in [0.1, 0.15) is 12.4 Å². The first-order chi connectivity index (χ1) is 14.7. The van der Waals surface area contributed by atoms with Crippen molar-refractivity contribution in [2.75, 3.05) is 6.54 Å². The number of fused-ring (bicyclic) bond motifs is 2. The topological polar surface area (TPSA) is 68.5 Å². The zero-order valence-corrected chi connectivity index (χ0v) is 16.9. The van der Waals surface area contributed by atoms with E-state index < -0.39 is 0 Å². The number of aromatic nitrogens is 2. The van der Waals surface area contributed by atoms with Crippen molar-refractivity contribution in [3.8, 4) is 5.75 Å². The summed E-state index contributed by atoms with van der Waals surface area (Å²) in [6.07, 6.45) is 8.03. The Labute approximate surface area is 175 Å². The number of nitrogens with zero attached hydrogens (tertiary/aromatic N) is 3. The average Bonchev–Trinajstić information content (AvgIpc) is 3.15. The Balaban J connectivity index is 1.15. The standard InChI is InChI=1S/C24H25N3O3/c28-24(27-13-17-7-15-6-16(8-17)10-19(27)9-15)23-12-21(30-26-23)14-29-20-3-4-22-18(11-20)2-1-5-25-22/h1-5,11-12,15-17,19H,6-10,13-14H2/t15-,16+,17?,19?. The van der Waals surface area contributed by atoms with E-state index in [9.17, 15) is 4.79 Å². The maximum absolute atomic E-state index is 13.2. The van der Waals surface area contributed by atoms with Crippen LogP contribution in [0.4, 0.5) is 0 Å². The van der Waals surface area contributed by atoms with Crippen LogP contribution in [0.1, 0.15) is 48.4 Å². The highest BCUT2D eigenvalue weighted by molar-refractivity contribution is 5.92. The average molecular weight is 403 g/mol. The molecule has 2 aromatic heterocycles. The third-order valence-electron chi connectivity index (χ3n) is 7.10. The van der Waals surface area contributed by atoms with Gasteiger partial charge in [-0.05, 0) is 74.1 Å². The van der Waals surface area contributed by atoms with Crippen molar-refractivity contribution in [3.63, 3.8) is 0 Å². The molecule has 4 atom stereocenters. The summed E-state index contributed by atoms with van der Waals surface area (Å²) in [6, 6.07) is 11.8. The quantitative estimate of drug-likeness (QED) is 0.644. The number of amides is 1. The predicted octanol–water partition coefficient (Wildman–Crippen LogP) is 4.45. The molecule has 2 saturated carbocycles. The minimum atomic E-state index is 0.0139. The van der Waals surface area contributed by atoms with Gasteiger partial charge in [-0.25, -0.2) is 0 Å². The third-order valence-corrected chi connectivity index (χ3v) is 7.10. The second kappa shape index (κ2) is 7.11. The van der Waals surface area contributed by atoms with Crippen LogP contribution in [-0.4, -0.2) is 33.5 Å². The lowest BCUT2D eigenvalue weighted by Gasteiger charge is -2.38. The first-order valence-corrected chi connectivity index (χ1v) is 11.0. The number of benzene rings is 1. The lowest BCUT2D eigenvalue weighted by molar-refractivity contribution is 0.0622. The molecule has 1 aromatic carbocycles. The number of carbonyl (C=O) groups is 1. The van der Waals surface area contributed by atoms with Gasteiger partial charge < -0.3 is 14.2 Å². The molecule has 154 valence electrons. The second-order valence-corrected chi connectivity index (χ2v) is 9.21. The predicted molar refractivity (Wildman–Crippen MR) is 111 cm³/mol. The third kappa shape index (κ3) is 3.24. The summed E-state index contributed by atoms with van der Waals surface area (Å²) in [5.41, 5.74) is 1.33. The van der Waals surface area contributed by atoms with Crippen LogP contribution in [0.5, 0.6) is 5.75 Å². The fraction of sp³-hybridized carbons (Fsp3) is 0.458. The molecule has 2 aliphatic carbocycles. The number of hydrogen-bond donors (Lipinski definition) is 0. The Morgan fingerprint density at radius 3 is 2.77 bits per heavy atom. The van der Waals surface area contributed by atoms with Gasteiger partial charge in [-0.15, -0.1) is 0 Å². The molecular formula is C24H25N3O3. The van der Waals surface area contributed by atoms with Crippen molar-refractivity contribution in [3.05, 3.63) is 54.0 Å². The minimum Gasteiger partial charge on any atom is -0.486 e. The van der Waals surface area contributed by atoms with Gasteiger partial charge in [0, 0.05) is 30.2 Å². The number of pyridine rings is 1. The lowest BCUT2D eigenvalue weighted by atomic mass is 9.68. The molecule has 0 radical (unpaired) electrons. The lowest BCUT2D eigenvalue weighted by Crippen LogP contribution is -2.42. The summed E-state index contributed by atoms with van der Waals surface area (Å²) in [4.78, 5) is 19.6. The minimum absolute atomic E-state index is 0.0139. The zero-order valence-electron chi connectivity index (χ0n) is 16.9. The molecule has 4 fully saturated rings. The van der Waals surface area contributed by atoms with Gasteiger partial charge in [-0.1, -0.05) is 11.2 Å². The maximum atomic E-state index is 13.2. The molecule has 2 saturated heterocycles. The van der Waals surface area contributed by atoms with E-state index in [1.54, 1.807) is 12.3 Å². The van der Waals surface area contributed by atoms with Crippen molar-refractivity contribution in [2.45, 2.75) is 44.8 Å². The van der Waals surface area contributed by atoms with Crippen molar-refractivity contribution in [1.82, 2.24) is 15.0 Å². The van der Waals surface area contributed by atoms with Crippen LogP contribution in [-0.2, 0) is 6.61 Å². The molecule has 0 N–H and O–H groups in total. The Morgan fingerprint density at radius 2 is 1.90 bits per heavy atom. The Kier molecular flexibility index (Phi) is 4.25. The molecule has 4 bridgehead atoms. The van der Waals surface area contributed by atoms with Crippen molar-refractivity contribution in [1.29, 1.82) is 0 Å². The van der Waals surface area contributed by atoms with E-state index in [4.69, 9.17) is 9.26 Å². The first-order valence-electron chi connectivity index (χ1n) is 11.0. The summed E-state index contributed by atoms with van der Waals surface area (Å²) in [6.45, 7) is 1.11. The number of ether oxygens (including phenoxy) is 1. The van der Waals surface area contributed by atoms with Gasteiger partial charge in [-0.2, -0.15) is 0 Å². The van der Waals surface area contributed by atoms with Crippen molar-refractivity contribution < 1.29 is 14.1 Å². The normalized spacial score (nSPS) is 27.4. The molecule has 1 amide bonds. The summed E-state index contributed by atoms with van der Waals surface area (Å²) in [5, 5.41) is 5.09. The highest BCUT2D eigenvalue weighted by Crippen LogP contribution is 2.47. The van der Waals surface area contributed by atoms with Crippen LogP contribution >= 0.6 is 0 Å². The Hall–Kier alpha value is -2.89. The molecule has 6 nitrogen and oxygen atoms in total. The highest BCUT2D eigenvalue weighted by Gasteiger charge is 2.44. The Morgan fingerprint density at radius 1 is 1.07 bits per heavy atom. The van der Waals surface area contributed by atoms with E-state index in [1.807, 2.05) is 30.3 Å². The molecule has 30 heavy (non-hydrogen) atoms. The maximum Gasteiger partial charge on any atom is 0.276 e. The van der Waals surface area contributed by atoms with Crippen molar-refractivity contribution >= 4 is 16.8 Å². The van der Waals surface area contributed by atoms with Gasteiger partial charge in [0.05, 0.1) is 5.52 Å². The van der Waals surface area contributed by atoms with Gasteiger partial charge in [-0.3, -0.25) is 9.78 Å². The molecule has 6 heteroatoms. The van der Waals surface area contributed by atoms with Crippen LogP contribution < -0.4 is 4.74 Å². The zero-order chi connectivity index (χ0) is 20.1. The largest absolute Gasteiger partial charge is 0.486 e. The molecule has 2 unspecified atom stereocenters. The summed E-state index contributed by atoms with van der Waals surface area (Å²) >= 11 is 0. The molecule has 2 aliphatic heterocycles. The van der Waals surface area contributed by atoms with Crippen LogP contribution in [0.25, 0.3) is 10.9 Å². The van der Waals surface area contributed by atoms with E-state index in [0.717, 1.165) is 47.9 Å². The molecule has 4 heterocycles. The summed E-state index contributed by atoms with van der Waals surface area (Å²) < 4.78 is 11.3. The van der Waals surface area contributed by atoms with Gasteiger partial charge in [0.15, 0.2) is 11.5 Å². The highest BCUT2D eigenvalue weighted by atomic mass is 16.5. The number of rotatable bonds is 4. The van der Waals surface area contributed by atoms with Crippen LogP contribution in [0, 0.1) is 17.8 Å². The number of carbonyl (C=O) groups excluding carboxylic acids is 1. The first kappa shape index (κ1) is 17.9. The van der Waals surface area contributed by atoms with E-state index in [-0.39, 0.29) is 12.5 Å².